The molecule has 1 aromatic carbocycles. The number of hydrogen-bond acceptors (Lipinski definition) is 6. The fourth-order valence-corrected chi connectivity index (χ4v) is 3.45. The molecule has 0 aliphatic carbocycles. The third-order valence-corrected chi connectivity index (χ3v) is 5.43. The van der Waals surface area contributed by atoms with Crippen LogP contribution in [-0.2, 0) is 9.84 Å². The number of aromatic nitrogens is 1. The molecule has 1 aromatic heterocycles. The highest BCUT2D eigenvalue weighted by molar-refractivity contribution is 7.91. The molecule has 0 saturated carbocycles. The summed E-state index contributed by atoms with van der Waals surface area (Å²) < 4.78 is 34.6. The van der Waals surface area contributed by atoms with E-state index in [-0.39, 0.29) is 39.2 Å². The van der Waals surface area contributed by atoms with E-state index in [0.29, 0.717) is 5.76 Å². The second kappa shape index (κ2) is 6.72. The molecule has 6 nitrogen and oxygen atoms in total. The summed E-state index contributed by atoms with van der Waals surface area (Å²) in [6.07, 6.45) is 1.30. The second-order valence-electron chi connectivity index (χ2n) is 4.72. The molecule has 0 aliphatic rings. The van der Waals surface area contributed by atoms with Gasteiger partial charge in [0.05, 0.1) is 29.1 Å². The Morgan fingerprint density at radius 2 is 2.00 bits per heavy atom. The summed E-state index contributed by atoms with van der Waals surface area (Å²) in [4.78, 5) is 12.5. The van der Waals surface area contributed by atoms with Crippen LogP contribution in [0, 0.1) is 6.92 Å². The number of halogens is 1. The quantitative estimate of drug-likeness (QED) is 0.738. The summed E-state index contributed by atoms with van der Waals surface area (Å²) in [5, 5.41) is 3.53. The van der Waals surface area contributed by atoms with Crippen molar-refractivity contribution in [3.05, 3.63) is 40.2 Å². The Morgan fingerprint density at radius 3 is 2.52 bits per heavy atom. The molecule has 23 heavy (non-hydrogen) atoms. The van der Waals surface area contributed by atoms with Gasteiger partial charge in [0.25, 0.3) is 0 Å². The summed E-state index contributed by atoms with van der Waals surface area (Å²) >= 11 is 6.26. The van der Waals surface area contributed by atoms with Gasteiger partial charge >= 0.3 is 0 Å². The number of sulfone groups is 1. The van der Waals surface area contributed by atoms with Crippen molar-refractivity contribution in [2.45, 2.75) is 25.7 Å². The molecule has 2 aromatic rings. The Labute approximate surface area is 139 Å². The van der Waals surface area contributed by atoms with Crippen molar-refractivity contribution in [1.82, 2.24) is 5.16 Å². The van der Waals surface area contributed by atoms with Gasteiger partial charge in [0.15, 0.2) is 21.4 Å². The lowest BCUT2D eigenvalue weighted by Gasteiger charge is -2.14. The summed E-state index contributed by atoms with van der Waals surface area (Å²) in [6, 6.07) is 2.72. The Morgan fingerprint density at radius 1 is 1.30 bits per heavy atom. The number of ether oxygens (including phenoxy) is 1. The minimum atomic E-state index is -3.53. The van der Waals surface area contributed by atoms with Crippen LogP contribution < -0.4 is 4.74 Å². The molecular formula is C15H16ClNO5S. The molecule has 0 atom stereocenters. The number of hydrogen-bond donors (Lipinski definition) is 0. The van der Waals surface area contributed by atoms with Crippen LogP contribution in [0.3, 0.4) is 0 Å². The van der Waals surface area contributed by atoms with Gasteiger partial charge in [0.2, 0.25) is 0 Å². The van der Waals surface area contributed by atoms with Gasteiger partial charge in [-0.3, -0.25) is 4.79 Å². The van der Waals surface area contributed by atoms with Gasteiger partial charge in [-0.2, -0.15) is 0 Å². The molecule has 124 valence electrons. The van der Waals surface area contributed by atoms with Gasteiger partial charge < -0.3 is 9.26 Å². The average Bonchev–Trinajstić information content (AvgIpc) is 2.94. The highest BCUT2D eigenvalue weighted by Crippen LogP contribution is 2.37. The first kappa shape index (κ1) is 17.5. The molecule has 0 amide bonds. The average molecular weight is 358 g/mol. The minimum Gasteiger partial charge on any atom is -0.491 e. The van der Waals surface area contributed by atoms with E-state index in [1.54, 1.807) is 13.8 Å². The summed E-state index contributed by atoms with van der Waals surface area (Å²) in [7, 11) is -3.53. The fraction of sp³-hybridized carbons (Fsp3) is 0.333. The van der Waals surface area contributed by atoms with Crippen molar-refractivity contribution >= 4 is 27.2 Å². The minimum absolute atomic E-state index is 0.00373. The van der Waals surface area contributed by atoms with Crippen LogP contribution in [0.4, 0.5) is 0 Å². The Hall–Kier alpha value is -1.86. The number of carbonyl (C=O) groups is 1. The van der Waals surface area contributed by atoms with Crippen molar-refractivity contribution in [2.75, 3.05) is 12.4 Å². The third kappa shape index (κ3) is 3.25. The van der Waals surface area contributed by atoms with Gasteiger partial charge in [-0.05, 0) is 26.0 Å². The zero-order chi connectivity index (χ0) is 17.2. The number of carbonyl (C=O) groups excluding carboxylic acids is 1. The van der Waals surface area contributed by atoms with Gasteiger partial charge in [0, 0.05) is 5.56 Å². The van der Waals surface area contributed by atoms with Crippen molar-refractivity contribution in [1.29, 1.82) is 0 Å². The van der Waals surface area contributed by atoms with Crippen LogP contribution in [0.25, 0.3) is 0 Å². The van der Waals surface area contributed by atoms with Crippen LogP contribution >= 0.6 is 11.6 Å². The highest BCUT2D eigenvalue weighted by Gasteiger charge is 2.26. The van der Waals surface area contributed by atoms with E-state index < -0.39 is 15.6 Å². The SMILES string of the molecule is CCOc1c(S(=O)(=O)CC)ccc(C(=O)c2cnoc2C)c1Cl. The Bertz CT molecular complexity index is 842. The fourth-order valence-electron chi connectivity index (χ4n) is 2.05. The predicted octanol–water partition coefficient (Wildman–Crippen LogP) is 3.06. The zero-order valence-corrected chi connectivity index (χ0v) is 14.5. The molecule has 8 heteroatoms. The molecule has 0 bridgehead atoms. The lowest BCUT2D eigenvalue weighted by atomic mass is 10.0. The van der Waals surface area contributed by atoms with E-state index >= 15 is 0 Å². The summed E-state index contributed by atoms with van der Waals surface area (Å²) in [5.41, 5.74) is 0.400. The number of benzene rings is 1. The van der Waals surface area contributed by atoms with Gasteiger partial charge in [-0.1, -0.05) is 23.7 Å². The number of rotatable bonds is 6. The normalized spacial score (nSPS) is 11.5. The maximum absolute atomic E-state index is 12.5. The molecule has 0 unspecified atom stereocenters. The first-order valence-corrected chi connectivity index (χ1v) is 9.00. The molecule has 1 heterocycles. The molecule has 0 aliphatic heterocycles. The predicted molar refractivity (Wildman–Crippen MR) is 85.0 cm³/mol. The molecule has 0 fully saturated rings. The van der Waals surface area contributed by atoms with E-state index in [1.165, 1.54) is 25.3 Å². The lowest BCUT2D eigenvalue weighted by Crippen LogP contribution is -2.10. The smallest absolute Gasteiger partial charge is 0.199 e. The maximum Gasteiger partial charge on any atom is 0.199 e. The number of aryl methyl sites for hydroxylation is 1. The van der Waals surface area contributed by atoms with Crippen LogP contribution in [-0.4, -0.2) is 31.7 Å². The van der Waals surface area contributed by atoms with E-state index in [9.17, 15) is 13.2 Å². The number of ketones is 1. The van der Waals surface area contributed by atoms with Gasteiger partial charge in [-0.25, -0.2) is 8.42 Å². The summed E-state index contributed by atoms with van der Waals surface area (Å²) in [6.45, 7) is 5.05. The van der Waals surface area contributed by atoms with E-state index in [2.05, 4.69) is 5.16 Å². The standard InChI is InChI=1S/C15H16ClNO5S/c1-4-21-15-12(23(19,20)5-2)7-6-10(13(15)16)14(18)11-8-17-22-9(11)3/h6-8H,4-5H2,1-3H3. The molecule has 0 spiro atoms. The molecule has 0 N–H and O–H groups in total. The highest BCUT2D eigenvalue weighted by atomic mass is 35.5. The maximum atomic E-state index is 12.5. The van der Waals surface area contributed by atoms with Crippen LogP contribution in [0.5, 0.6) is 5.75 Å². The van der Waals surface area contributed by atoms with Crippen molar-refractivity contribution < 1.29 is 22.5 Å². The monoisotopic (exact) mass is 357 g/mol. The first-order valence-electron chi connectivity index (χ1n) is 6.97. The van der Waals surface area contributed by atoms with Crippen molar-refractivity contribution in [2.24, 2.45) is 0 Å². The first-order chi connectivity index (χ1) is 10.8. The van der Waals surface area contributed by atoms with Gasteiger partial charge in [0.1, 0.15) is 10.7 Å². The third-order valence-electron chi connectivity index (χ3n) is 3.30. The van der Waals surface area contributed by atoms with E-state index in [0.717, 1.165) is 0 Å². The topological polar surface area (TPSA) is 86.5 Å². The van der Waals surface area contributed by atoms with E-state index in [4.69, 9.17) is 20.9 Å². The van der Waals surface area contributed by atoms with Crippen molar-refractivity contribution in [3.63, 3.8) is 0 Å². The van der Waals surface area contributed by atoms with Crippen LogP contribution in [0.15, 0.2) is 27.7 Å². The molecule has 2 rings (SSSR count). The molecular weight excluding hydrogens is 342 g/mol. The van der Waals surface area contributed by atoms with Gasteiger partial charge in [-0.15, -0.1) is 0 Å². The van der Waals surface area contributed by atoms with Crippen LogP contribution in [0.1, 0.15) is 35.5 Å². The largest absolute Gasteiger partial charge is 0.491 e. The lowest BCUT2D eigenvalue weighted by molar-refractivity contribution is 0.103. The molecule has 0 radical (unpaired) electrons. The summed E-state index contributed by atoms with van der Waals surface area (Å²) in [5.74, 6) is -0.151. The van der Waals surface area contributed by atoms with Crippen LogP contribution in [0.2, 0.25) is 5.02 Å². The van der Waals surface area contributed by atoms with E-state index in [1.807, 2.05) is 0 Å². The zero-order valence-electron chi connectivity index (χ0n) is 12.9. The molecule has 0 saturated heterocycles. The van der Waals surface area contributed by atoms with Crippen molar-refractivity contribution in [3.8, 4) is 5.75 Å². The Kier molecular flexibility index (Phi) is 5.11. The Balaban J connectivity index is 2.63. The number of nitrogens with zero attached hydrogens (tertiary/aromatic N) is 1. The second-order valence-corrected chi connectivity index (χ2v) is 7.34.